The Morgan fingerprint density at radius 3 is 2.91 bits per heavy atom. The zero-order valence-electron chi connectivity index (χ0n) is 5.81. The normalized spacial score (nSPS) is 13.4. The summed E-state index contributed by atoms with van der Waals surface area (Å²) in [6.45, 7) is 0.0829. The maximum Gasteiger partial charge on any atom is 0.0966 e. The topological polar surface area (TPSA) is 58.3 Å². The number of aliphatic hydroxyl groups is 2. The molecule has 0 amide bonds. The van der Waals surface area contributed by atoms with Crippen molar-refractivity contribution in [3.8, 4) is 0 Å². The van der Waals surface area contributed by atoms with Gasteiger partial charge in [-0.3, -0.25) is 4.68 Å². The third kappa shape index (κ3) is 2.61. The van der Waals surface area contributed by atoms with Crippen LogP contribution in [-0.4, -0.2) is 32.7 Å². The molecule has 0 aliphatic rings. The van der Waals surface area contributed by atoms with Crippen molar-refractivity contribution < 1.29 is 10.2 Å². The fourth-order valence-corrected chi connectivity index (χ4v) is 1.04. The summed E-state index contributed by atoms with van der Waals surface area (Å²) in [5.74, 6) is 0. The Balaban J connectivity index is 2.50. The van der Waals surface area contributed by atoms with Gasteiger partial charge >= 0.3 is 0 Å². The van der Waals surface area contributed by atoms with Gasteiger partial charge in [-0.1, -0.05) is 0 Å². The smallest absolute Gasteiger partial charge is 0.0966 e. The summed E-state index contributed by atoms with van der Waals surface area (Å²) in [6, 6.07) is 0. The zero-order valence-corrected chi connectivity index (χ0v) is 7.40. The van der Waals surface area contributed by atoms with E-state index in [4.69, 9.17) is 10.2 Å². The third-order valence-corrected chi connectivity index (χ3v) is 1.62. The Labute approximate surface area is 72.6 Å². The Hall–Kier alpha value is -0.390. The van der Waals surface area contributed by atoms with Crippen molar-refractivity contribution in [2.75, 3.05) is 6.61 Å². The molecule has 0 bridgehead atoms. The molecule has 0 aliphatic heterocycles. The Morgan fingerprint density at radius 1 is 1.73 bits per heavy atom. The summed E-state index contributed by atoms with van der Waals surface area (Å²) in [6.07, 6.45) is 2.63. The minimum atomic E-state index is -0.734. The van der Waals surface area contributed by atoms with Crippen LogP contribution in [0.3, 0.4) is 0 Å². The molecule has 1 heterocycles. The van der Waals surface area contributed by atoms with E-state index in [9.17, 15) is 0 Å². The van der Waals surface area contributed by atoms with Crippen molar-refractivity contribution in [2.24, 2.45) is 0 Å². The maximum atomic E-state index is 8.99. The van der Waals surface area contributed by atoms with E-state index in [1.165, 1.54) is 0 Å². The molecule has 5 heteroatoms. The lowest BCUT2D eigenvalue weighted by molar-refractivity contribution is 0.0782. The fourth-order valence-electron chi connectivity index (χ4n) is 0.712. The summed E-state index contributed by atoms with van der Waals surface area (Å²) in [7, 11) is 0. The van der Waals surface area contributed by atoms with Crippen LogP contribution in [0.25, 0.3) is 0 Å². The van der Waals surface area contributed by atoms with Gasteiger partial charge < -0.3 is 10.2 Å². The number of aliphatic hydroxyl groups excluding tert-OH is 2. The average molecular weight is 221 g/mol. The molecule has 2 N–H and O–H groups in total. The predicted octanol–water partition coefficient (Wildman–Crippen LogP) is -0.00120. The van der Waals surface area contributed by atoms with E-state index in [0.717, 1.165) is 4.47 Å². The van der Waals surface area contributed by atoms with Crippen molar-refractivity contribution in [3.05, 3.63) is 16.9 Å². The molecule has 4 nitrogen and oxygen atoms in total. The first-order valence-corrected chi connectivity index (χ1v) is 3.98. The molecule has 1 atom stereocenters. The summed E-state index contributed by atoms with van der Waals surface area (Å²) >= 11 is 3.22. The molecule has 1 rings (SSSR count). The second-order valence-corrected chi connectivity index (χ2v) is 3.13. The molecule has 1 unspecified atom stereocenters. The SMILES string of the molecule is OCC(O)Cn1cc(Br)cn1. The minimum Gasteiger partial charge on any atom is -0.394 e. The molecule has 0 spiro atoms. The highest BCUT2D eigenvalue weighted by Gasteiger charge is 2.03. The van der Waals surface area contributed by atoms with Crippen molar-refractivity contribution >= 4 is 15.9 Å². The first-order valence-electron chi connectivity index (χ1n) is 3.19. The van der Waals surface area contributed by atoms with E-state index in [-0.39, 0.29) is 6.61 Å². The second-order valence-electron chi connectivity index (χ2n) is 2.22. The number of rotatable bonds is 3. The van der Waals surface area contributed by atoms with Gasteiger partial charge in [-0.15, -0.1) is 0 Å². The molecule has 0 radical (unpaired) electrons. The van der Waals surface area contributed by atoms with Crippen molar-refractivity contribution in [1.29, 1.82) is 0 Å². The molecule has 62 valence electrons. The van der Waals surface area contributed by atoms with Crippen molar-refractivity contribution in [2.45, 2.75) is 12.6 Å². The third-order valence-electron chi connectivity index (χ3n) is 1.21. The van der Waals surface area contributed by atoms with Gasteiger partial charge in [0.15, 0.2) is 0 Å². The lowest BCUT2D eigenvalue weighted by Gasteiger charge is -2.05. The van der Waals surface area contributed by atoms with Crippen LogP contribution >= 0.6 is 15.9 Å². The lowest BCUT2D eigenvalue weighted by Crippen LogP contribution is -2.19. The summed E-state index contributed by atoms with van der Waals surface area (Å²) in [4.78, 5) is 0. The van der Waals surface area contributed by atoms with Gasteiger partial charge in [0.2, 0.25) is 0 Å². The molecule has 0 aliphatic carbocycles. The molecular weight excluding hydrogens is 212 g/mol. The van der Waals surface area contributed by atoms with Crippen molar-refractivity contribution in [1.82, 2.24) is 9.78 Å². The van der Waals surface area contributed by atoms with E-state index in [1.807, 2.05) is 0 Å². The van der Waals surface area contributed by atoms with E-state index in [1.54, 1.807) is 17.1 Å². The number of halogens is 1. The van der Waals surface area contributed by atoms with E-state index < -0.39 is 6.10 Å². The van der Waals surface area contributed by atoms with Gasteiger partial charge in [0, 0.05) is 6.20 Å². The highest BCUT2D eigenvalue weighted by Crippen LogP contribution is 2.06. The largest absolute Gasteiger partial charge is 0.394 e. The fraction of sp³-hybridized carbons (Fsp3) is 0.500. The summed E-state index contributed by atoms with van der Waals surface area (Å²) < 4.78 is 2.42. The van der Waals surface area contributed by atoms with Crippen LogP contribution in [0.5, 0.6) is 0 Å². The molecule has 11 heavy (non-hydrogen) atoms. The van der Waals surface area contributed by atoms with Crippen LogP contribution in [0.15, 0.2) is 16.9 Å². The van der Waals surface area contributed by atoms with E-state index in [0.29, 0.717) is 6.54 Å². The summed E-state index contributed by atoms with van der Waals surface area (Å²) in [5, 5.41) is 21.4. The molecule has 1 aromatic rings. The van der Waals surface area contributed by atoms with Gasteiger partial charge in [-0.25, -0.2) is 0 Å². The van der Waals surface area contributed by atoms with Gasteiger partial charge in [0.1, 0.15) is 0 Å². The highest BCUT2D eigenvalue weighted by molar-refractivity contribution is 9.10. The maximum absolute atomic E-state index is 8.99. The average Bonchev–Trinajstić information content (AvgIpc) is 2.35. The number of hydrogen-bond acceptors (Lipinski definition) is 3. The standard InChI is InChI=1S/C6H9BrN2O2/c7-5-1-8-9(2-5)3-6(11)4-10/h1-2,6,10-11H,3-4H2. The molecular formula is C6H9BrN2O2. The molecule has 0 fully saturated rings. The number of hydrogen-bond donors (Lipinski definition) is 2. The lowest BCUT2D eigenvalue weighted by atomic mass is 10.4. The van der Waals surface area contributed by atoms with Crippen LogP contribution in [0.4, 0.5) is 0 Å². The van der Waals surface area contributed by atoms with Crippen LogP contribution < -0.4 is 0 Å². The quantitative estimate of drug-likeness (QED) is 0.755. The number of nitrogens with zero attached hydrogens (tertiary/aromatic N) is 2. The van der Waals surface area contributed by atoms with Gasteiger partial charge in [-0.2, -0.15) is 5.10 Å². The summed E-state index contributed by atoms with van der Waals surface area (Å²) in [5.41, 5.74) is 0. The van der Waals surface area contributed by atoms with Crippen LogP contribution in [0.1, 0.15) is 0 Å². The van der Waals surface area contributed by atoms with Crippen LogP contribution in [-0.2, 0) is 6.54 Å². The van der Waals surface area contributed by atoms with Crippen molar-refractivity contribution in [3.63, 3.8) is 0 Å². The molecule has 1 aromatic heterocycles. The first kappa shape index (κ1) is 8.70. The van der Waals surface area contributed by atoms with E-state index >= 15 is 0 Å². The Kier molecular flexibility index (Phi) is 3.04. The Bertz CT molecular complexity index is 226. The van der Waals surface area contributed by atoms with Crippen LogP contribution in [0, 0.1) is 0 Å². The van der Waals surface area contributed by atoms with Gasteiger partial charge in [0.05, 0.1) is 29.9 Å². The predicted molar refractivity (Wildman–Crippen MR) is 43.0 cm³/mol. The molecule has 0 aromatic carbocycles. The zero-order chi connectivity index (χ0) is 8.27. The van der Waals surface area contributed by atoms with E-state index in [2.05, 4.69) is 21.0 Å². The van der Waals surface area contributed by atoms with Crippen LogP contribution in [0.2, 0.25) is 0 Å². The van der Waals surface area contributed by atoms with Gasteiger partial charge in [0.25, 0.3) is 0 Å². The Morgan fingerprint density at radius 2 is 2.45 bits per heavy atom. The monoisotopic (exact) mass is 220 g/mol. The first-order chi connectivity index (χ1) is 5.22. The van der Waals surface area contributed by atoms with Gasteiger partial charge in [-0.05, 0) is 15.9 Å². The second kappa shape index (κ2) is 3.85. The molecule has 0 saturated carbocycles. The minimum absolute atomic E-state index is 0.239. The number of aromatic nitrogens is 2. The molecule has 0 saturated heterocycles. The highest BCUT2D eigenvalue weighted by atomic mass is 79.9.